The molecular weight excluding hydrogens is 460 g/mol. The Hall–Kier alpha value is -4.46. The molecule has 2 amide bonds. The van der Waals surface area contributed by atoms with E-state index >= 15 is 0 Å². The number of carbonyl (C=O) groups is 2. The summed E-state index contributed by atoms with van der Waals surface area (Å²) in [5.74, 6) is 1.85. The number of anilines is 1. The zero-order valence-corrected chi connectivity index (χ0v) is 19.3. The van der Waals surface area contributed by atoms with Crippen LogP contribution in [0.4, 0.5) is 5.69 Å². The SMILES string of the molecule is O=C(NCCCN1C(=O)C2(COc3cc4c(cc32)OCO4)c2ccccc21)c1cc2ccccc2o1. The number of hydrogen-bond acceptors (Lipinski definition) is 6. The zero-order valence-electron chi connectivity index (χ0n) is 19.3. The van der Waals surface area contributed by atoms with Gasteiger partial charge >= 0.3 is 0 Å². The van der Waals surface area contributed by atoms with Gasteiger partial charge < -0.3 is 28.8 Å². The van der Waals surface area contributed by atoms with E-state index in [1.807, 2.05) is 54.6 Å². The first-order chi connectivity index (χ1) is 17.6. The maximum atomic E-state index is 14.0. The molecule has 36 heavy (non-hydrogen) atoms. The minimum atomic E-state index is -0.926. The fourth-order valence-electron chi connectivity index (χ4n) is 5.41. The molecule has 1 spiro atoms. The molecule has 0 fully saturated rings. The molecule has 8 nitrogen and oxygen atoms in total. The average molecular weight is 482 g/mol. The van der Waals surface area contributed by atoms with E-state index in [0.717, 1.165) is 22.2 Å². The van der Waals surface area contributed by atoms with Crippen molar-refractivity contribution in [3.05, 3.63) is 83.6 Å². The molecule has 4 heterocycles. The van der Waals surface area contributed by atoms with Gasteiger partial charge in [-0.25, -0.2) is 0 Å². The molecule has 7 rings (SSSR count). The Bertz CT molecular complexity index is 1510. The average Bonchev–Trinajstić information content (AvgIpc) is 3.67. The Morgan fingerprint density at radius 2 is 1.72 bits per heavy atom. The predicted molar refractivity (Wildman–Crippen MR) is 131 cm³/mol. The number of furan rings is 1. The molecule has 1 atom stereocenters. The van der Waals surface area contributed by atoms with Crippen LogP contribution in [0.25, 0.3) is 11.0 Å². The fourth-order valence-corrected chi connectivity index (χ4v) is 5.41. The van der Waals surface area contributed by atoms with E-state index < -0.39 is 5.41 Å². The van der Waals surface area contributed by atoms with Crippen molar-refractivity contribution < 1.29 is 28.2 Å². The van der Waals surface area contributed by atoms with Crippen molar-refractivity contribution in [3.8, 4) is 17.2 Å². The largest absolute Gasteiger partial charge is 0.491 e. The lowest BCUT2D eigenvalue weighted by molar-refractivity contribution is -0.122. The van der Waals surface area contributed by atoms with E-state index in [-0.39, 0.29) is 31.0 Å². The summed E-state index contributed by atoms with van der Waals surface area (Å²) < 4.78 is 22.7. The molecule has 1 N–H and O–H groups in total. The van der Waals surface area contributed by atoms with Crippen LogP contribution in [-0.2, 0) is 10.2 Å². The number of benzene rings is 3. The van der Waals surface area contributed by atoms with Crippen LogP contribution in [0.1, 0.15) is 28.1 Å². The monoisotopic (exact) mass is 482 g/mol. The molecule has 4 aromatic rings. The first kappa shape index (κ1) is 20.9. The highest BCUT2D eigenvalue weighted by Crippen LogP contribution is 2.54. The van der Waals surface area contributed by atoms with Crippen LogP contribution in [0.3, 0.4) is 0 Å². The van der Waals surface area contributed by atoms with Crippen molar-refractivity contribution in [2.24, 2.45) is 0 Å². The molecular formula is C28H22N2O6. The van der Waals surface area contributed by atoms with Gasteiger partial charge in [0.1, 0.15) is 23.4 Å². The number of fused-ring (bicyclic) bond motifs is 6. The van der Waals surface area contributed by atoms with E-state index in [1.165, 1.54) is 0 Å². The molecule has 3 aromatic carbocycles. The maximum absolute atomic E-state index is 14.0. The normalized spacial score (nSPS) is 19.0. The summed E-state index contributed by atoms with van der Waals surface area (Å²) >= 11 is 0. The van der Waals surface area contributed by atoms with Gasteiger partial charge in [0.15, 0.2) is 17.3 Å². The number of nitrogens with zero attached hydrogens (tertiary/aromatic N) is 1. The van der Waals surface area contributed by atoms with Crippen molar-refractivity contribution in [1.82, 2.24) is 5.32 Å². The van der Waals surface area contributed by atoms with Gasteiger partial charge in [0.05, 0.1) is 0 Å². The van der Waals surface area contributed by atoms with Gasteiger partial charge in [-0.3, -0.25) is 9.59 Å². The van der Waals surface area contributed by atoms with E-state index in [0.29, 0.717) is 42.3 Å². The Kier molecular flexibility index (Phi) is 4.51. The van der Waals surface area contributed by atoms with Crippen LogP contribution in [0.15, 0.2) is 71.1 Å². The number of para-hydroxylation sites is 2. The first-order valence-corrected chi connectivity index (χ1v) is 11.9. The number of hydrogen-bond donors (Lipinski definition) is 1. The Balaban J connectivity index is 1.10. The summed E-state index contributed by atoms with van der Waals surface area (Å²) in [5, 5.41) is 3.79. The molecule has 0 radical (unpaired) electrons. The maximum Gasteiger partial charge on any atom is 0.287 e. The molecule has 1 unspecified atom stereocenters. The van der Waals surface area contributed by atoms with Crippen molar-refractivity contribution in [2.75, 3.05) is 31.4 Å². The van der Waals surface area contributed by atoms with E-state index in [1.54, 1.807) is 17.0 Å². The van der Waals surface area contributed by atoms with Crippen molar-refractivity contribution in [1.29, 1.82) is 0 Å². The smallest absolute Gasteiger partial charge is 0.287 e. The van der Waals surface area contributed by atoms with Gasteiger partial charge in [0.25, 0.3) is 5.91 Å². The van der Waals surface area contributed by atoms with E-state index in [4.69, 9.17) is 18.6 Å². The molecule has 0 bridgehead atoms. The Morgan fingerprint density at radius 1 is 0.917 bits per heavy atom. The first-order valence-electron chi connectivity index (χ1n) is 11.9. The molecule has 0 saturated carbocycles. The summed E-state index contributed by atoms with van der Waals surface area (Å²) in [5.41, 5.74) is 2.32. The lowest BCUT2D eigenvalue weighted by Gasteiger charge is -2.23. The summed E-state index contributed by atoms with van der Waals surface area (Å²) in [7, 11) is 0. The van der Waals surface area contributed by atoms with Gasteiger partial charge in [-0.1, -0.05) is 36.4 Å². The third-order valence-electron chi connectivity index (χ3n) is 7.14. The summed E-state index contributed by atoms with van der Waals surface area (Å²) in [6.45, 7) is 1.24. The number of carbonyl (C=O) groups excluding carboxylic acids is 2. The second-order valence-electron chi connectivity index (χ2n) is 9.13. The summed E-state index contributed by atoms with van der Waals surface area (Å²) in [6, 6.07) is 20.7. The van der Waals surface area contributed by atoms with E-state index in [9.17, 15) is 9.59 Å². The third-order valence-corrected chi connectivity index (χ3v) is 7.14. The highest BCUT2D eigenvalue weighted by molar-refractivity contribution is 6.11. The molecule has 3 aliphatic rings. The standard InChI is InChI=1S/C28H22N2O6/c31-26(25-12-17-6-1-4-9-21(17)36-25)29-10-5-11-30-20-8-3-2-7-18(20)28(27(30)32)15-33-22-14-24-23(13-19(22)28)34-16-35-24/h1-4,6-9,12-14H,5,10-11,15-16H2,(H,29,31). The quantitative estimate of drug-likeness (QED) is 0.433. The zero-order chi connectivity index (χ0) is 24.3. The van der Waals surface area contributed by atoms with Crippen molar-refractivity contribution >= 4 is 28.5 Å². The summed E-state index contributed by atoms with van der Waals surface area (Å²) in [4.78, 5) is 28.4. The Morgan fingerprint density at radius 3 is 2.61 bits per heavy atom. The number of nitrogens with one attached hydrogen (secondary N) is 1. The second kappa shape index (κ2) is 7.78. The van der Waals surface area contributed by atoms with Crippen LogP contribution < -0.4 is 24.4 Å². The molecule has 0 saturated heterocycles. The lowest BCUT2D eigenvalue weighted by Crippen LogP contribution is -2.43. The summed E-state index contributed by atoms with van der Waals surface area (Å²) in [6.07, 6.45) is 0.580. The van der Waals surface area contributed by atoms with Gasteiger partial charge in [-0.05, 0) is 36.2 Å². The van der Waals surface area contributed by atoms with Crippen molar-refractivity contribution in [3.63, 3.8) is 0 Å². The number of ether oxygens (including phenoxy) is 3. The fraction of sp³-hybridized carbons (Fsp3) is 0.214. The molecule has 1 aromatic heterocycles. The van der Waals surface area contributed by atoms with Gasteiger partial charge in [-0.2, -0.15) is 0 Å². The number of amides is 2. The van der Waals surface area contributed by atoms with Gasteiger partial charge in [-0.15, -0.1) is 0 Å². The highest BCUT2D eigenvalue weighted by Gasteiger charge is 2.57. The van der Waals surface area contributed by atoms with E-state index in [2.05, 4.69) is 5.32 Å². The third kappa shape index (κ3) is 2.94. The Labute approximate surface area is 206 Å². The van der Waals surface area contributed by atoms with Crippen LogP contribution in [-0.4, -0.2) is 38.3 Å². The predicted octanol–water partition coefficient (Wildman–Crippen LogP) is 4.01. The molecule has 8 heteroatoms. The number of rotatable bonds is 5. The molecule has 0 aliphatic carbocycles. The molecule has 180 valence electrons. The minimum absolute atomic E-state index is 0.0371. The molecule has 3 aliphatic heterocycles. The highest BCUT2D eigenvalue weighted by atomic mass is 16.7. The lowest BCUT2D eigenvalue weighted by atomic mass is 9.77. The van der Waals surface area contributed by atoms with Crippen LogP contribution in [0, 0.1) is 0 Å². The second-order valence-corrected chi connectivity index (χ2v) is 9.13. The van der Waals surface area contributed by atoms with Crippen LogP contribution in [0.5, 0.6) is 17.2 Å². The van der Waals surface area contributed by atoms with Crippen molar-refractivity contribution in [2.45, 2.75) is 11.8 Å². The topological polar surface area (TPSA) is 90.2 Å². The van der Waals surface area contributed by atoms with Gasteiger partial charge in [0, 0.05) is 35.8 Å². The van der Waals surface area contributed by atoms with Crippen LogP contribution >= 0.6 is 0 Å². The minimum Gasteiger partial charge on any atom is -0.491 e. The van der Waals surface area contributed by atoms with Crippen LogP contribution in [0.2, 0.25) is 0 Å². The van der Waals surface area contributed by atoms with Gasteiger partial charge in [0.2, 0.25) is 12.7 Å².